The minimum Gasteiger partial charge on any atom is -0.454 e. The summed E-state index contributed by atoms with van der Waals surface area (Å²) in [6.07, 6.45) is 1.07. The second-order valence-corrected chi connectivity index (χ2v) is 7.30. The quantitative estimate of drug-likeness (QED) is 0.772. The predicted octanol–water partition coefficient (Wildman–Crippen LogP) is 3.41. The summed E-state index contributed by atoms with van der Waals surface area (Å²) in [5, 5.41) is 6.24. The van der Waals surface area contributed by atoms with Crippen LogP contribution >= 0.6 is 11.6 Å². The molecular weight excluding hydrogens is 368 g/mol. The van der Waals surface area contributed by atoms with Gasteiger partial charge in [-0.15, -0.1) is 0 Å². The van der Waals surface area contributed by atoms with Crippen LogP contribution in [0.2, 0.25) is 5.02 Å². The van der Waals surface area contributed by atoms with E-state index in [2.05, 4.69) is 10.6 Å². The van der Waals surface area contributed by atoms with E-state index < -0.39 is 5.41 Å². The van der Waals surface area contributed by atoms with Crippen LogP contribution in [0.25, 0.3) is 0 Å². The molecule has 1 aliphatic heterocycles. The van der Waals surface area contributed by atoms with Gasteiger partial charge in [0.05, 0.1) is 0 Å². The van der Waals surface area contributed by atoms with E-state index in [0.29, 0.717) is 41.6 Å². The fourth-order valence-electron chi connectivity index (χ4n) is 3.06. The summed E-state index contributed by atoms with van der Waals surface area (Å²) in [7, 11) is 0. The maximum Gasteiger partial charge on any atom is 0.240 e. The highest BCUT2D eigenvalue weighted by molar-refractivity contribution is 6.31. The molecule has 0 atom stereocenters. The van der Waals surface area contributed by atoms with Crippen LogP contribution < -0.4 is 20.1 Å². The molecule has 140 valence electrons. The number of carbonyl (C=O) groups excluding carboxylic acids is 2. The number of ether oxygens (including phenoxy) is 2. The lowest BCUT2D eigenvalue weighted by molar-refractivity contribution is -0.134. The summed E-state index contributed by atoms with van der Waals surface area (Å²) in [5.74, 6) is 0.797. The van der Waals surface area contributed by atoms with Crippen LogP contribution in [0, 0.1) is 12.3 Å². The van der Waals surface area contributed by atoms with E-state index in [-0.39, 0.29) is 18.6 Å². The third-order valence-electron chi connectivity index (χ3n) is 4.96. The number of aryl methyl sites for hydroxylation is 1. The van der Waals surface area contributed by atoms with Crippen LogP contribution in [0.4, 0.5) is 5.69 Å². The number of benzene rings is 2. The second kappa shape index (κ2) is 6.78. The standard InChI is InChI=1S/C20H19ClN2O4/c1-12-2-4-14(21)9-15(12)23-19(25)20(6-7-20)18(24)22-10-13-3-5-16-17(8-13)27-11-26-16/h2-5,8-9H,6-7,10-11H2,1H3,(H,22,24)(H,23,25). The Bertz CT molecular complexity index is 924. The summed E-state index contributed by atoms with van der Waals surface area (Å²) >= 11 is 6.00. The minimum absolute atomic E-state index is 0.206. The number of amides is 2. The summed E-state index contributed by atoms with van der Waals surface area (Å²) in [6.45, 7) is 2.41. The van der Waals surface area contributed by atoms with Crippen LogP contribution in [0.5, 0.6) is 11.5 Å². The monoisotopic (exact) mass is 386 g/mol. The van der Waals surface area contributed by atoms with Gasteiger partial charge in [0.2, 0.25) is 18.6 Å². The average Bonchev–Trinajstić information content (AvgIpc) is 3.34. The van der Waals surface area contributed by atoms with Crippen molar-refractivity contribution in [2.45, 2.75) is 26.3 Å². The highest BCUT2D eigenvalue weighted by Crippen LogP contribution is 2.47. The topological polar surface area (TPSA) is 76.7 Å². The van der Waals surface area contributed by atoms with Crippen molar-refractivity contribution in [3.63, 3.8) is 0 Å². The zero-order chi connectivity index (χ0) is 19.0. The van der Waals surface area contributed by atoms with Gasteiger partial charge in [0.15, 0.2) is 11.5 Å². The normalized spacial score (nSPS) is 15.9. The van der Waals surface area contributed by atoms with Crippen LogP contribution in [0.1, 0.15) is 24.0 Å². The number of halogens is 1. The molecule has 2 amide bonds. The molecule has 1 aliphatic carbocycles. The van der Waals surface area contributed by atoms with Crippen molar-refractivity contribution in [3.8, 4) is 11.5 Å². The molecule has 6 nitrogen and oxygen atoms in total. The second-order valence-electron chi connectivity index (χ2n) is 6.87. The number of fused-ring (bicyclic) bond motifs is 1. The zero-order valence-corrected chi connectivity index (χ0v) is 15.6. The Hall–Kier alpha value is -2.73. The number of hydrogen-bond acceptors (Lipinski definition) is 4. The van der Waals surface area contributed by atoms with Gasteiger partial charge in [0, 0.05) is 17.3 Å². The summed E-state index contributed by atoms with van der Waals surface area (Å²) < 4.78 is 10.6. The molecule has 0 unspecified atom stereocenters. The maximum absolute atomic E-state index is 12.7. The largest absolute Gasteiger partial charge is 0.454 e. The van der Waals surface area contributed by atoms with Gasteiger partial charge in [-0.1, -0.05) is 23.7 Å². The molecule has 4 rings (SSSR count). The molecule has 2 N–H and O–H groups in total. The minimum atomic E-state index is -1.01. The molecule has 0 radical (unpaired) electrons. The first-order valence-corrected chi connectivity index (χ1v) is 9.10. The third-order valence-corrected chi connectivity index (χ3v) is 5.19. The molecule has 1 saturated carbocycles. The van der Waals surface area contributed by atoms with Crippen LogP contribution in [-0.2, 0) is 16.1 Å². The Balaban J connectivity index is 1.40. The molecule has 0 bridgehead atoms. The van der Waals surface area contributed by atoms with Gasteiger partial charge in [0.25, 0.3) is 0 Å². The molecule has 0 aromatic heterocycles. The van der Waals surface area contributed by atoms with E-state index in [9.17, 15) is 9.59 Å². The fraction of sp³-hybridized carbons (Fsp3) is 0.300. The molecule has 1 fully saturated rings. The van der Waals surface area contributed by atoms with E-state index >= 15 is 0 Å². The van der Waals surface area contributed by atoms with E-state index in [1.165, 1.54) is 0 Å². The van der Waals surface area contributed by atoms with Crippen molar-refractivity contribution < 1.29 is 19.1 Å². The highest BCUT2D eigenvalue weighted by Gasteiger charge is 2.56. The molecule has 7 heteroatoms. The van der Waals surface area contributed by atoms with Crippen molar-refractivity contribution >= 4 is 29.1 Å². The van der Waals surface area contributed by atoms with Gasteiger partial charge in [-0.2, -0.15) is 0 Å². The van der Waals surface area contributed by atoms with E-state index in [0.717, 1.165) is 11.1 Å². The first kappa shape index (κ1) is 17.7. The Morgan fingerprint density at radius 2 is 1.85 bits per heavy atom. The van der Waals surface area contributed by atoms with Crippen molar-refractivity contribution in [1.82, 2.24) is 5.32 Å². The van der Waals surface area contributed by atoms with Crippen molar-refractivity contribution in [1.29, 1.82) is 0 Å². The molecule has 2 aromatic carbocycles. The first-order valence-electron chi connectivity index (χ1n) is 8.72. The lowest BCUT2D eigenvalue weighted by Crippen LogP contribution is -2.39. The fourth-order valence-corrected chi connectivity index (χ4v) is 3.23. The van der Waals surface area contributed by atoms with Crippen LogP contribution in [0.15, 0.2) is 36.4 Å². The van der Waals surface area contributed by atoms with Gasteiger partial charge in [-0.25, -0.2) is 0 Å². The lowest BCUT2D eigenvalue weighted by Gasteiger charge is -2.17. The highest BCUT2D eigenvalue weighted by atomic mass is 35.5. The lowest BCUT2D eigenvalue weighted by atomic mass is 10.0. The summed E-state index contributed by atoms with van der Waals surface area (Å²) in [5.41, 5.74) is 1.40. The average molecular weight is 387 g/mol. The molecule has 2 aromatic rings. The molecule has 2 aliphatic rings. The molecular formula is C20H19ClN2O4. The Morgan fingerprint density at radius 1 is 1.07 bits per heavy atom. The zero-order valence-electron chi connectivity index (χ0n) is 14.8. The maximum atomic E-state index is 12.7. The SMILES string of the molecule is Cc1ccc(Cl)cc1NC(=O)C1(C(=O)NCc2ccc3c(c2)OCO3)CC1. The van der Waals surface area contributed by atoms with E-state index in [1.807, 2.05) is 31.2 Å². The van der Waals surface area contributed by atoms with Gasteiger partial charge >= 0.3 is 0 Å². The Labute approximate surface area is 161 Å². The smallest absolute Gasteiger partial charge is 0.240 e. The van der Waals surface area contributed by atoms with Gasteiger partial charge in [0.1, 0.15) is 5.41 Å². The van der Waals surface area contributed by atoms with Gasteiger partial charge < -0.3 is 20.1 Å². The number of rotatable bonds is 5. The third kappa shape index (κ3) is 3.45. The van der Waals surface area contributed by atoms with Crippen molar-refractivity contribution in [3.05, 3.63) is 52.5 Å². The molecule has 0 saturated heterocycles. The number of hydrogen-bond donors (Lipinski definition) is 2. The summed E-state index contributed by atoms with van der Waals surface area (Å²) in [6, 6.07) is 10.8. The Morgan fingerprint density at radius 3 is 2.63 bits per heavy atom. The van der Waals surface area contributed by atoms with E-state index in [1.54, 1.807) is 12.1 Å². The molecule has 27 heavy (non-hydrogen) atoms. The molecule has 0 spiro atoms. The van der Waals surface area contributed by atoms with Gasteiger partial charge in [-0.3, -0.25) is 9.59 Å². The van der Waals surface area contributed by atoms with Gasteiger partial charge in [-0.05, 0) is 55.2 Å². The first-order chi connectivity index (χ1) is 13.0. The van der Waals surface area contributed by atoms with E-state index in [4.69, 9.17) is 21.1 Å². The predicted molar refractivity (Wildman–Crippen MR) is 101 cm³/mol. The number of nitrogens with one attached hydrogen (secondary N) is 2. The summed E-state index contributed by atoms with van der Waals surface area (Å²) in [4.78, 5) is 25.4. The number of carbonyl (C=O) groups is 2. The molecule has 1 heterocycles. The van der Waals surface area contributed by atoms with Crippen molar-refractivity contribution in [2.75, 3.05) is 12.1 Å². The number of anilines is 1. The Kier molecular flexibility index (Phi) is 4.44. The van der Waals surface area contributed by atoms with Crippen LogP contribution in [0.3, 0.4) is 0 Å². The van der Waals surface area contributed by atoms with Crippen molar-refractivity contribution in [2.24, 2.45) is 5.41 Å². The van der Waals surface area contributed by atoms with Crippen LogP contribution in [-0.4, -0.2) is 18.6 Å².